The molecule has 0 bridgehead atoms. The third-order valence-corrected chi connectivity index (χ3v) is 3.95. The van der Waals surface area contributed by atoms with E-state index in [1.165, 1.54) is 24.9 Å². The zero-order chi connectivity index (χ0) is 12.3. The molecule has 2 unspecified atom stereocenters. The summed E-state index contributed by atoms with van der Waals surface area (Å²) in [6, 6.07) is 8.82. The van der Waals surface area contributed by atoms with E-state index in [-0.39, 0.29) is 0 Å². The Morgan fingerprint density at radius 1 is 1.18 bits per heavy atom. The first-order valence-corrected chi connectivity index (χ1v) is 6.61. The van der Waals surface area contributed by atoms with E-state index >= 15 is 0 Å². The SMILES string of the molecule is COc1cccc(NC2C(C)CCCC2C)c1. The first-order valence-electron chi connectivity index (χ1n) is 6.61. The van der Waals surface area contributed by atoms with Gasteiger partial charge < -0.3 is 10.1 Å². The number of benzene rings is 1. The van der Waals surface area contributed by atoms with Crippen LogP contribution in [0.2, 0.25) is 0 Å². The molecule has 1 fully saturated rings. The molecule has 1 saturated carbocycles. The molecular weight excluding hydrogens is 210 g/mol. The number of rotatable bonds is 3. The molecule has 1 aromatic rings. The van der Waals surface area contributed by atoms with Crippen LogP contribution >= 0.6 is 0 Å². The summed E-state index contributed by atoms with van der Waals surface area (Å²) in [5, 5.41) is 3.68. The van der Waals surface area contributed by atoms with E-state index in [2.05, 4.69) is 31.3 Å². The summed E-state index contributed by atoms with van der Waals surface area (Å²) in [4.78, 5) is 0. The highest BCUT2D eigenvalue weighted by Gasteiger charge is 2.27. The van der Waals surface area contributed by atoms with Crippen LogP contribution in [-0.2, 0) is 0 Å². The molecule has 0 saturated heterocycles. The fourth-order valence-corrected chi connectivity index (χ4v) is 2.87. The van der Waals surface area contributed by atoms with E-state index in [1.54, 1.807) is 7.11 Å². The average molecular weight is 233 g/mol. The largest absolute Gasteiger partial charge is 0.497 e. The number of anilines is 1. The maximum Gasteiger partial charge on any atom is 0.120 e. The van der Waals surface area contributed by atoms with Crippen LogP contribution in [0.15, 0.2) is 24.3 Å². The monoisotopic (exact) mass is 233 g/mol. The van der Waals surface area contributed by atoms with E-state index < -0.39 is 0 Å². The molecule has 0 aromatic heterocycles. The van der Waals surface area contributed by atoms with Crippen LogP contribution < -0.4 is 10.1 Å². The van der Waals surface area contributed by atoms with Gasteiger partial charge in [0.05, 0.1) is 7.11 Å². The number of nitrogens with one attached hydrogen (secondary N) is 1. The molecule has 1 aromatic carbocycles. The van der Waals surface area contributed by atoms with Crippen molar-refractivity contribution >= 4 is 5.69 Å². The van der Waals surface area contributed by atoms with Gasteiger partial charge in [0.2, 0.25) is 0 Å². The first-order chi connectivity index (χ1) is 8.20. The molecule has 2 atom stereocenters. The lowest BCUT2D eigenvalue weighted by Crippen LogP contribution is -2.37. The molecular formula is C15H23NO. The van der Waals surface area contributed by atoms with Crippen molar-refractivity contribution in [3.63, 3.8) is 0 Å². The molecule has 2 rings (SSSR count). The molecule has 2 nitrogen and oxygen atoms in total. The van der Waals surface area contributed by atoms with E-state index in [0.29, 0.717) is 6.04 Å². The van der Waals surface area contributed by atoms with Gasteiger partial charge in [-0.1, -0.05) is 26.3 Å². The van der Waals surface area contributed by atoms with Crippen molar-refractivity contribution in [2.45, 2.75) is 39.2 Å². The topological polar surface area (TPSA) is 21.3 Å². The van der Waals surface area contributed by atoms with Crippen molar-refractivity contribution < 1.29 is 4.74 Å². The lowest BCUT2D eigenvalue weighted by molar-refractivity contribution is 0.268. The van der Waals surface area contributed by atoms with Gasteiger partial charge in [-0.15, -0.1) is 0 Å². The van der Waals surface area contributed by atoms with E-state index in [4.69, 9.17) is 4.74 Å². The predicted octanol–water partition coefficient (Wildman–Crippen LogP) is 3.93. The minimum Gasteiger partial charge on any atom is -0.497 e. The number of hydrogen-bond acceptors (Lipinski definition) is 2. The van der Waals surface area contributed by atoms with Crippen LogP contribution in [0.25, 0.3) is 0 Å². The highest BCUT2D eigenvalue weighted by molar-refractivity contribution is 5.49. The van der Waals surface area contributed by atoms with Gasteiger partial charge in [0.1, 0.15) is 5.75 Å². The lowest BCUT2D eigenvalue weighted by Gasteiger charge is -2.36. The Morgan fingerprint density at radius 3 is 2.53 bits per heavy atom. The lowest BCUT2D eigenvalue weighted by atomic mass is 9.78. The predicted molar refractivity (Wildman–Crippen MR) is 72.6 cm³/mol. The zero-order valence-corrected chi connectivity index (χ0v) is 11.1. The molecule has 0 heterocycles. The summed E-state index contributed by atoms with van der Waals surface area (Å²) in [6.45, 7) is 4.71. The minimum atomic E-state index is 0.593. The van der Waals surface area contributed by atoms with Gasteiger partial charge in [0.25, 0.3) is 0 Å². The Labute approximate surface area is 104 Å². The van der Waals surface area contributed by atoms with Gasteiger partial charge in [0.15, 0.2) is 0 Å². The van der Waals surface area contributed by atoms with E-state index in [1.807, 2.05) is 12.1 Å². The number of ether oxygens (including phenoxy) is 1. The van der Waals surface area contributed by atoms with E-state index in [9.17, 15) is 0 Å². The maximum atomic E-state index is 5.26. The summed E-state index contributed by atoms with van der Waals surface area (Å²) in [5.74, 6) is 2.43. The molecule has 0 amide bonds. The molecule has 17 heavy (non-hydrogen) atoms. The fraction of sp³-hybridized carbons (Fsp3) is 0.600. The molecule has 0 radical (unpaired) electrons. The third kappa shape index (κ3) is 2.93. The summed E-state index contributed by atoms with van der Waals surface area (Å²) in [7, 11) is 1.71. The molecule has 1 aliphatic carbocycles. The van der Waals surface area contributed by atoms with Gasteiger partial charge in [-0.05, 0) is 36.8 Å². The number of hydrogen-bond donors (Lipinski definition) is 1. The zero-order valence-electron chi connectivity index (χ0n) is 11.1. The van der Waals surface area contributed by atoms with Crippen LogP contribution in [-0.4, -0.2) is 13.2 Å². The third-order valence-electron chi connectivity index (χ3n) is 3.95. The Bertz CT molecular complexity index is 354. The minimum absolute atomic E-state index is 0.593. The Hall–Kier alpha value is -1.18. The Balaban J connectivity index is 2.07. The van der Waals surface area contributed by atoms with Gasteiger partial charge in [-0.3, -0.25) is 0 Å². The highest BCUT2D eigenvalue weighted by atomic mass is 16.5. The van der Waals surface area contributed by atoms with Gasteiger partial charge in [-0.2, -0.15) is 0 Å². The summed E-state index contributed by atoms with van der Waals surface area (Å²) >= 11 is 0. The summed E-state index contributed by atoms with van der Waals surface area (Å²) < 4.78 is 5.26. The molecule has 1 aliphatic rings. The van der Waals surface area contributed by atoms with Gasteiger partial charge in [0, 0.05) is 17.8 Å². The van der Waals surface area contributed by atoms with Crippen LogP contribution in [0, 0.1) is 11.8 Å². The van der Waals surface area contributed by atoms with Crippen molar-refractivity contribution in [2.75, 3.05) is 12.4 Å². The molecule has 0 spiro atoms. The van der Waals surface area contributed by atoms with Crippen molar-refractivity contribution in [3.05, 3.63) is 24.3 Å². The average Bonchev–Trinajstić information content (AvgIpc) is 2.34. The second-order valence-electron chi connectivity index (χ2n) is 5.29. The maximum absolute atomic E-state index is 5.26. The second-order valence-corrected chi connectivity index (χ2v) is 5.29. The first kappa shape index (κ1) is 12.3. The Morgan fingerprint density at radius 2 is 1.88 bits per heavy atom. The highest BCUT2D eigenvalue weighted by Crippen LogP contribution is 2.31. The molecule has 94 valence electrons. The Kier molecular flexibility index (Phi) is 3.93. The quantitative estimate of drug-likeness (QED) is 0.854. The van der Waals surface area contributed by atoms with Gasteiger partial charge >= 0.3 is 0 Å². The van der Waals surface area contributed by atoms with Crippen LogP contribution in [0.4, 0.5) is 5.69 Å². The molecule has 1 N–H and O–H groups in total. The second kappa shape index (κ2) is 5.44. The van der Waals surface area contributed by atoms with Crippen molar-refractivity contribution in [2.24, 2.45) is 11.8 Å². The van der Waals surface area contributed by atoms with Crippen molar-refractivity contribution in [1.29, 1.82) is 0 Å². The van der Waals surface area contributed by atoms with Crippen LogP contribution in [0.3, 0.4) is 0 Å². The molecule has 0 aliphatic heterocycles. The van der Waals surface area contributed by atoms with E-state index in [0.717, 1.165) is 17.6 Å². The smallest absolute Gasteiger partial charge is 0.120 e. The number of methoxy groups -OCH3 is 1. The standard InChI is InChI=1S/C15H23NO/c1-11-6-4-7-12(2)15(11)16-13-8-5-9-14(10-13)17-3/h5,8-12,15-16H,4,6-7H2,1-3H3. The normalized spacial score (nSPS) is 28.8. The van der Waals surface area contributed by atoms with Crippen molar-refractivity contribution in [3.8, 4) is 5.75 Å². The molecule has 2 heteroatoms. The van der Waals surface area contributed by atoms with Crippen molar-refractivity contribution in [1.82, 2.24) is 0 Å². The summed E-state index contributed by atoms with van der Waals surface area (Å²) in [5.41, 5.74) is 1.18. The summed E-state index contributed by atoms with van der Waals surface area (Å²) in [6.07, 6.45) is 4.05. The van der Waals surface area contributed by atoms with Crippen LogP contribution in [0.1, 0.15) is 33.1 Å². The fourth-order valence-electron chi connectivity index (χ4n) is 2.87. The van der Waals surface area contributed by atoms with Crippen LogP contribution in [0.5, 0.6) is 5.75 Å². The van der Waals surface area contributed by atoms with Gasteiger partial charge in [-0.25, -0.2) is 0 Å².